The van der Waals surface area contributed by atoms with Crippen molar-refractivity contribution in [3.63, 3.8) is 0 Å². The average molecular weight is 445 g/mol. The summed E-state index contributed by atoms with van der Waals surface area (Å²) in [4.78, 5) is 48.3. The first-order valence-corrected chi connectivity index (χ1v) is 10.9. The molecule has 0 aromatic rings. The van der Waals surface area contributed by atoms with E-state index >= 15 is 0 Å². The van der Waals surface area contributed by atoms with Gasteiger partial charge in [-0.3, -0.25) is 14.4 Å². The van der Waals surface area contributed by atoms with Crippen LogP contribution < -0.4 is 33.2 Å². The highest BCUT2D eigenvalue weighted by Gasteiger charge is 2.27. The van der Waals surface area contributed by atoms with Gasteiger partial charge in [-0.25, -0.2) is 4.79 Å². The van der Waals surface area contributed by atoms with Crippen molar-refractivity contribution in [2.75, 3.05) is 19.6 Å². The van der Waals surface area contributed by atoms with Gasteiger partial charge in [0.25, 0.3) is 0 Å². The number of unbranched alkanes of at least 4 members (excludes halogenated alkanes) is 2. The lowest BCUT2D eigenvalue weighted by atomic mass is 10.0. The Bertz CT molecular complexity index is 572. The summed E-state index contributed by atoms with van der Waals surface area (Å²) in [6.45, 7) is 4.39. The lowest BCUT2D eigenvalue weighted by Gasteiger charge is -2.23. The van der Waals surface area contributed by atoms with Crippen LogP contribution in [0.1, 0.15) is 58.8 Å². The van der Waals surface area contributed by atoms with Crippen molar-refractivity contribution >= 4 is 23.7 Å². The quantitative estimate of drug-likeness (QED) is 0.135. The van der Waals surface area contributed by atoms with E-state index in [1.165, 1.54) is 0 Å². The molecule has 11 nitrogen and oxygen atoms in total. The van der Waals surface area contributed by atoms with Crippen LogP contribution in [0.5, 0.6) is 0 Å². The fourth-order valence-corrected chi connectivity index (χ4v) is 2.91. The molecular formula is C20H40N6O5. The van der Waals surface area contributed by atoms with Crippen molar-refractivity contribution in [1.82, 2.24) is 16.0 Å². The number of amides is 3. The normalized spacial score (nSPS) is 13.9. The van der Waals surface area contributed by atoms with E-state index in [-0.39, 0.29) is 18.9 Å². The van der Waals surface area contributed by atoms with Crippen molar-refractivity contribution in [3.8, 4) is 0 Å². The van der Waals surface area contributed by atoms with Crippen LogP contribution in [0.4, 0.5) is 0 Å². The van der Waals surface area contributed by atoms with Gasteiger partial charge in [0.05, 0.1) is 12.6 Å². The van der Waals surface area contributed by atoms with Crippen molar-refractivity contribution in [3.05, 3.63) is 0 Å². The van der Waals surface area contributed by atoms with Crippen LogP contribution in [0.2, 0.25) is 0 Å². The number of carboxylic acid groups (broad SMARTS) is 1. The molecule has 0 rings (SSSR count). The van der Waals surface area contributed by atoms with E-state index in [4.69, 9.17) is 17.2 Å². The van der Waals surface area contributed by atoms with Crippen LogP contribution in [0.15, 0.2) is 0 Å². The zero-order valence-corrected chi connectivity index (χ0v) is 18.7. The second-order valence-corrected chi connectivity index (χ2v) is 8.04. The zero-order valence-electron chi connectivity index (χ0n) is 18.7. The number of hydrogen-bond acceptors (Lipinski definition) is 7. The molecule has 0 fully saturated rings. The van der Waals surface area contributed by atoms with Crippen LogP contribution in [0.3, 0.4) is 0 Å². The van der Waals surface area contributed by atoms with E-state index in [1.54, 1.807) is 0 Å². The summed E-state index contributed by atoms with van der Waals surface area (Å²) in [5.41, 5.74) is 16.6. The number of hydrogen-bond donors (Lipinski definition) is 7. The highest BCUT2D eigenvalue weighted by Crippen LogP contribution is 2.07. The maximum atomic E-state index is 12.6. The maximum absolute atomic E-state index is 12.6. The second-order valence-electron chi connectivity index (χ2n) is 8.04. The number of nitrogens with two attached hydrogens (primary N) is 3. The Hall–Kier alpha value is -2.24. The third-order valence-electron chi connectivity index (χ3n) is 4.65. The molecule has 31 heavy (non-hydrogen) atoms. The summed E-state index contributed by atoms with van der Waals surface area (Å²) >= 11 is 0. The topological polar surface area (TPSA) is 203 Å². The van der Waals surface area contributed by atoms with Gasteiger partial charge in [-0.15, -0.1) is 0 Å². The molecular weight excluding hydrogens is 404 g/mol. The maximum Gasteiger partial charge on any atom is 0.326 e. The Balaban J connectivity index is 4.77. The van der Waals surface area contributed by atoms with E-state index in [0.29, 0.717) is 45.2 Å². The molecule has 180 valence electrons. The summed E-state index contributed by atoms with van der Waals surface area (Å²) in [7, 11) is 0. The molecule has 0 aromatic heterocycles. The number of aliphatic carboxylic acids is 1. The van der Waals surface area contributed by atoms with Crippen molar-refractivity contribution < 1.29 is 24.3 Å². The molecule has 0 spiro atoms. The van der Waals surface area contributed by atoms with E-state index in [0.717, 1.165) is 6.42 Å². The first-order chi connectivity index (χ1) is 14.6. The minimum absolute atomic E-state index is 0.0714. The number of carboxylic acids is 1. The van der Waals surface area contributed by atoms with Crippen molar-refractivity contribution in [2.24, 2.45) is 23.1 Å². The first kappa shape index (κ1) is 28.8. The van der Waals surface area contributed by atoms with Gasteiger partial charge in [0, 0.05) is 0 Å². The molecule has 0 bridgehead atoms. The molecule has 0 saturated heterocycles. The molecule has 11 heteroatoms. The molecule has 3 unspecified atom stereocenters. The molecule has 0 aliphatic heterocycles. The molecule has 0 saturated carbocycles. The third-order valence-corrected chi connectivity index (χ3v) is 4.65. The predicted molar refractivity (Wildman–Crippen MR) is 118 cm³/mol. The third kappa shape index (κ3) is 13.6. The average Bonchev–Trinajstić information content (AvgIpc) is 2.70. The van der Waals surface area contributed by atoms with Gasteiger partial charge in [0.1, 0.15) is 12.1 Å². The largest absolute Gasteiger partial charge is 0.480 e. The van der Waals surface area contributed by atoms with Crippen LogP contribution in [0, 0.1) is 5.92 Å². The Kier molecular flexibility index (Phi) is 15.3. The van der Waals surface area contributed by atoms with Gasteiger partial charge >= 0.3 is 5.97 Å². The van der Waals surface area contributed by atoms with Gasteiger partial charge in [-0.05, 0) is 57.5 Å². The van der Waals surface area contributed by atoms with Crippen molar-refractivity contribution in [2.45, 2.75) is 76.9 Å². The lowest BCUT2D eigenvalue weighted by molar-refractivity contribution is -0.142. The monoisotopic (exact) mass is 444 g/mol. The first-order valence-electron chi connectivity index (χ1n) is 10.9. The number of carbonyl (C=O) groups is 4. The van der Waals surface area contributed by atoms with Gasteiger partial charge < -0.3 is 38.3 Å². The Labute approximate surface area is 184 Å². The van der Waals surface area contributed by atoms with E-state index in [9.17, 15) is 24.3 Å². The summed E-state index contributed by atoms with van der Waals surface area (Å²) in [6, 6.07) is -2.71. The van der Waals surface area contributed by atoms with E-state index < -0.39 is 41.8 Å². The van der Waals surface area contributed by atoms with Crippen LogP contribution in [-0.4, -0.2) is 66.6 Å². The summed E-state index contributed by atoms with van der Waals surface area (Å²) in [5, 5.41) is 16.9. The molecule has 0 heterocycles. The Morgan fingerprint density at radius 3 is 1.94 bits per heavy atom. The molecule has 0 radical (unpaired) electrons. The van der Waals surface area contributed by atoms with Gasteiger partial charge in [-0.2, -0.15) is 0 Å². The van der Waals surface area contributed by atoms with E-state index in [2.05, 4.69) is 16.0 Å². The van der Waals surface area contributed by atoms with Crippen molar-refractivity contribution in [1.29, 1.82) is 0 Å². The minimum atomic E-state index is -1.14. The lowest BCUT2D eigenvalue weighted by Crippen LogP contribution is -2.54. The molecule has 10 N–H and O–H groups in total. The zero-order chi connectivity index (χ0) is 23.8. The standard InChI is InChI=1S/C20H40N6O5/c1-13(2)11-16(19(29)26-15(20(30)31)8-4-6-10-22)25-17(27)12-24-18(28)14(23)7-3-5-9-21/h13-16H,3-12,21-23H2,1-2H3,(H,24,28)(H,25,27)(H,26,29)(H,30,31). The SMILES string of the molecule is CC(C)CC(NC(=O)CNC(=O)C(N)CCCCN)C(=O)NC(CCCCN)C(=O)O. The van der Waals surface area contributed by atoms with Crippen LogP contribution in [0.25, 0.3) is 0 Å². The fourth-order valence-electron chi connectivity index (χ4n) is 2.91. The smallest absolute Gasteiger partial charge is 0.326 e. The summed E-state index contributed by atoms with van der Waals surface area (Å²) in [5.74, 6) is -2.66. The van der Waals surface area contributed by atoms with Gasteiger partial charge in [0.2, 0.25) is 17.7 Å². The molecule has 3 amide bonds. The summed E-state index contributed by atoms with van der Waals surface area (Å²) < 4.78 is 0. The minimum Gasteiger partial charge on any atom is -0.480 e. The highest BCUT2D eigenvalue weighted by molar-refractivity contribution is 5.92. The van der Waals surface area contributed by atoms with Gasteiger partial charge in [-0.1, -0.05) is 20.3 Å². The predicted octanol–water partition coefficient (Wildman–Crippen LogP) is -1.21. The Morgan fingerprint density at radius 1 is 0.839 bits per heavy atom. The number of nitrogens with one attached hydrogen (secondary N) is 3. The van der Waals surface area contributed by atoms with Crippen LogP contribution >= 0.6 is 0 Å². The fraction of sp³-hybridized carbons (Fsp3) is 0.800. The second kappa shape index (κ2) is 16.5. The van der Waals surface area contributed by atoms with E-state index in [1.807, 2.05) is 13.8 Å². The summed E-state index contributed by atoms with van der Waals surface area (Å²) in [6.07, 6.45) is 3.72. The van der Waals surface area contributed by atoms with Crippen LogP contribution in [-0.2, 0) is 19.2 Å². The van der Waals surface area contributed by atoms with Gasteiger partial charge in [0.15, 0.2) is 0 Å². The molecule has 0 aliphatic rings. The molecule has 0 aliphatic carbocycles. The molecule has 0 aromatic carbocycles. The number of rotatable bonds is 17. The highest BCUT2D eigenvalue weighted by atomic mass is 16.4. The molecule has 3 atom stereocenters. The Morgan fingerprint density at radius 2 is 1.42 bits per heavy atom. The number of carbonyl (C=O) groups excluding carboxylic acids is 3.